The molecule has 0 bridgehead atoms. The number of ether oxygens (including phenoxy) is 7. The van der Waals surface area contributed by atoms with E-state index in [9.17, 15) is 19.2 Å². The fraction of sp³-hybridized carbons (Fsp3) is 0.282. The van der Waals surface area contributed by atoms with Gasteiger partial charge in [0.05, 0.1) is 45.0 Å². The van der Waals surface area contributed by atoms with Crippen molar-refractivity contribution in [1.29, 1.82) is 0 Å². The largest absolute Gasteiger partial charge is 0.493 e. The Morgan fingerprint density at radius 1 is 0.784 bits per heavy atom. The number of imide groups is 1. The zero-order chi connectivity index (χ0) is 35.4. The molecule has 1 fully saturated rings. The first-order valence-electron chi connectivity index (χ1n) is 16.4. The summed E-state index contributed by atoms with van der Waals surface area (Å²) >= 11 is 0. The molecule has 3 aliphatic heterocycles. The lowest BCUT2D eigenvalue weighted by molar-refractivity contribution is -0.159. The highest BCUT2D eigenvalue weighted by Crippen LogP contribution is 2.56. The molecule has 3 heterocycles. The molecular formula is C39H33NO11. The van der Waals surface area contributed by atoms with Gasteiger partial charge in [-0.3, -0.25) is 19.3 Å². The Bertz CT molecular complexity index is 2020. The summed E-state index contributed by atoms with van der Waals surface area (Å²) in [5.41, 5.74) is 3.05. The second-order valence-corrected chi connectivity index (χ2v) is 12.7. The third kappa shape index (κ3) is 5.20. The number of amides is 2. The molecule has 12 heteroatoms. The number of carbonyl (C=O) groups excluding carboxylic acids is 4. The number of carbonyl (C=O) groups is 4. The molecule has 4 aromatic rings. The molecule has 0 saturated carbocycles. The van der Waals surface area contributed by atoms with E-state index < -0.39 is 53.7 Å². The van der Waals surface area contributed by atoms with Crippen molar-refractivity contribution in [2.75, 3.05) is 34.7 Å². The number of methoxy groups -OCH3 is 3. The lowest BCUT2D eigenvalue weighted by Gasteiger charge is -2.39. The van der Waals surface area contributed by atoms with Crippen LogP contribution in [0.3, 0.4) is 0 Å². The monoisotopic (exact) mass is 691 g/mol. The van der Waals surface area contributed by atoms with Gasteiger partial charge in [-0.1, -0.05) is 42.5 Å². The lowest BCUT2D eigenvalue weighted by atomic mass is 9.66. The van der Waals surface area contributed by atoms with Crippen LogP contribution in [0.1, 0.15) is 55.0 Å². The Kier molecular flexibility index (Phi) is 8.01. The van der Waals surface area contributed by atoms with Gasteiger partial charge in [0.15, 0.2) is 23.0 Å². The van der Waals surface area contributed by atoms with Gasteiger partial charge in [0, 0.05) is 23.8 Å². The normalized spacial score (nSPS) is 21.7. The average molecular weight is 692 g/mol. The second kappa shape index (κ2) is 12.7. The van der Waals surface area contributed by atoms with Gasteiger partial charge >= 0.3 is 11.9 Å². The molecule has 260 valence electrons. The number of rotatable bonds is 9. The van der Waals surface area contributed by atoms with Gasteiger partial charge in [0.25, 0.3) is 11.8 Å². The Labute approximate surface area is 292 Å². The number of esters is 2. The maximum atomic E-state index is 14.6. The number of benzene rings is 4. The average Bonchev–Trinajstić information content (AvgIpc) is 3.85. The minimum Gasteiger partial charge on any atom is -0.493 e. The molecule has 2 amide bonds. The molecule has 0 aromatic heterocycles. The quantitative estimate of drug-likeness (QED) is 0.176. The van der Waals surface area contributed by atoms with E-state index in [-0.39, 0.29) is 30.9 Å². The molecule has 5 atom stereocenters. The Morgan fingerprint density at radius 3 is 2.00 bits per heavy atom. The van der Waals surface area contributed by atoms with Crippen LogP contribution in [-0.4, -0.2) is 69.4 Å². The van der Waals surface area contributed by atoms with Gasteiger partial charge in [-0.25, -0.2) is 4.79 Å². The minimum absolute atomic E-state index is 0.00861. The first-order chi connectivity index (χ1) is 24.8. The van der Waals surface area contributed by atoms with Crippen molar-refractivity contribution in [2.45, 2.75) is 24.5 Å². The predicted molar refractivity (Wildman–Crippen MR) is 178 cm³/mol. The first kappa shape index (κ1) is 32.2. The van der Waals surface area contributed by atoms with E-state index in [1.54, 1.807) is 48.5 Å². The summed E-state index contributed by atoms with van der Waals surface area (Å²) in [5, 5.41) is 0. The maximum absolute atomic E-state index is 14.6. The van der Waals surface area contributed by atoms with E-state index in [2.05, 4.69) is 0 Å². The van der Waals surface area contributed by atoms with Crippen molar-refractivity contribution >= 4 is 23.8 Å². The van der Waals surface area contributed by atoms with Crippen LogP contribution in [-0.2, 0) is 25.5 Å². The highest BCUT2D eigenvalue weighted by molar-refractivity contribution is 6.22. The van der Waals surface area contributed by atoms with E-state index in [0.29, 0.717) is 45.4 Å². The topological polar surface area (TPSA) is 136 Å². The van der Waals surface area contributed by atoms with Crippen LogP contribution in [0.2, 0.25) is 0 Å². The molecule has 0 spiro atoms. The summed E-state index contributed by atoms with van der Waals surface area (Å²) in [6, 6.07) is 21.4. The second-order valence-electron chi connectivity index (χ2n) is 12.7. The van der Waals surface area contributed by atoms with Crippen molar-refractivity contribution in [1.82, 2.24) is 4.90 Å². The number of cyclic esters (lactones) is 1. The first-order valence-corrected chi connectivity index (χ1v) is 16.4. The van der Waals surface area contributed by atoms with Crippen molar-refractivity contribution in [3.05, 3.63) is 112 Å². The fourth-order valence-electron chi connectivity index (χ4n) is 7.76. The maximum Gasteiger partial charge on any atom is 0.330 e. The Balaban J connectivity index is 1.23. The summed E-state index contributed by atoms with van der Waals surface area (Å²) in [5.74, 6) is -2.38. The third-order valence-corrected chi connectivity index (χ3v) is 10.1. The zero-order valence-corrected chi connectivity index (χ0v) is 28.0. The molecule has 4 aliphatic rings. The smallest absolute Gasteiger partial charge is 0.330 e. The van der Waals surface area contributed by atoms with Gasteiger partial charge in [-0.2, -0.15) is 0 Å². The van der Waals surface area contributed by atoms with Gasteiger partial charge < -0.3 is 33.2 Å². The molecule has 51 heavy (non-hydrogen) atoms. The molecule has 1 aliphatic carbocycles. The van der Waals surface area contributed by atoms with Crippen LogP contribution in [0.5, 0.6) is 28.7 Å². The van der Waals surface area contributed by atoms with Crippen LogP contribution < -0.4 is 23.7 Å². The fourth-order valence-corrected chi connectivity index (χ4v) is 7.76. The van der Waals surface area contributed by atoms with Crippen LogP contribution in [0, 0.1) is 11.8 Å². The highest BCUT2D eigenvalue weighted by atomic mass is 16.7. The van der Waals surface area contributed by atoms with E-state index >= 15 is 0 Å². The van der Waals surface area contributed by atoms with E-state index in [1.165, 1.54) is 21.3 Å². The van der Waals surface area contributed by atoms with E-state index in [1.807, 2.05) is 30.3 Å². The van der Waals surface area contributed by atoms with Crippen molar-refractivity contribution in [3.63, 3.8) is 0 Å². The zero-order valence-electron chi connectivity index (χ0n) is 28.0. The molecule has 1 unspecified atom stereocenters. The van der Waals surface area contributed by atoms with Gasteiger partial charge in [0.1, 0.15) is 12.1 Å². The van der Waals surface area contributed by atoms with Crippen molar-refractivity contribution in [2.24, 2.45) is 11.8 Å². The number of nitrogens with zero attached hydrogens (tertiary/aromatic N) is 1. The van der Waals surface area contributed by atoms with Crippen LogP contribution in [0.4, 0.5) is 0 Å². The summed E-state index contributed by atoms with van der Waals surface area (Å²) in [6.45, 7) is -0.0437. The third-order valence-electron chi connectivity index (χ3n) is 10.1. The predicted octanol–water partition coefficient (Wildman–Crippen LogP) is 4.87. The van der Waals surface area contributed by atoms with Crippen LogP contribution >= 0.6 is 0 Å². The number of fused-ring (bicyclic) bond motifs is 4. The minimum atomic E-state index is -1.30. The van der Waals surface area contributed by atoms with E-state index in [4.69, 9.17) is 33.2 Å². The molecule has 8 rings (SSSR count). The van der Waals surface area contributed by atoms with Crippen molar-refractivity contribution in [3.8, 4) is 28.7 Å². The van der Waals surface area contributed by atoms with Crippen LogP contribution in [0.25, 0.3) is 0 Å². The number of hydrogen-bond acceptors (Lipinski definition) is 11. The summed E-state index contributed by atoms with van der Waals surface area (Å²) in [7, 11) is 4.53. The SMILES string of the molecule is COc1cc(C2c3cc4c(cc3[C@H](OC(=O)[C@@H](Cc3ccccc3)N3C(=O)c5ccccc5C3=O)[C@H]3COC(=O)[C@H]23)OCO4)cc(OC)c1OC. The number of hydrogen-bond donors (Lipinski definition) is 0. The summed E-state index contributed by atoms with van der Waals surface area (Å²) in [6.07, 6.45) is -0.992. The molecule has 0 N–H and O–H groups in total. The van der Waals surface area contributed by atoms with Gasteiger partial charge in [0.2, 0.25) is 12.5 Å². The molecule has 1 saturated heterocycles. The Morgan fingerprint density at radius 2 is 1.39 bits per heavy atom. The molecule has 0 radical (unpaired) electrons. The van der Waals surface area contributed by atoms with E-state index in [0.717, 1.165) is 10.5 Å². The standard InChI is InChI=1S/C39H33NO11/c1-45-30-14-21(15-31(46-2)35(30)47-3)32-24-16-28-29(50-19-49-28)17-25(24)34(26-18-48-39(44)33(26)32)51-38(43)27(13-20-9-5-4-6-10-20)40-36(41)22-11-7-8-12-23(22)37(40)42/h4-12,14-17,26-27,32-34H,13,18-19H2,1-3H3/t26-,27+,32?,33-,34-/m0/s1. The molecule has 4 aromatic carbocycles. The van der Waals surface area contributed by atoms with Crippen LogP contribution in [0.15, 0.2) is 78.9 Å². The van der Waals surface area contributed by atoms with Crippen molar-refractivity contribution < 1.29 is 52.3 Å². The lowest BCUT2D eigenvalue weighted by Crippen LogP contribution is -2.48. The summed E-state index contributed by atoms with van der Waals surface area (Å²) < 4.78 is 40.5. The van der Waals surface area contributed by atoms with Gasteiger partial charge in [-0.05, 0) is 53.1 Å². The highest BCUT2D eigenvalue weighted by Gasteiger charge is 2.55. The summed E-state index contributed by atoms with van der Waals surface area (Å²) in [4.78, 5) is 56.6. The molecule has 12 nitrogen and oxygen atoms in total. The molecular weight excluding hydrogens is 658 g/mol. The van der Waals surface area contributed by atoms with Gasteiger partial charge in [-0.15, -0.1) is 0 Å². The Hall–Kier alpha value is -6.04.